The van der Waals surface area contributed by atoms with Crippen LogP contribution in [0.2, 0.25) is 10.0 Å². The van der Waals surface area contributed by atoms with Gasteiger partial charge in [0.2, 0.25) is 15.9 Å². The Kier molecular flexibility index (Phi) is 6.62. The highest BCUT2D eigenvalue weighted by molar-refractivity contribution is 7.89. The average molecular weight is 387 g/mol. The molecule has 8 heteroatoms. The van der Waals surface area contributed by atoms with Gasteiger partial charge in [-0.3, -0.25) is 4.79 Å². The van der Waals surface area contributed by atoms with Crippen molar-refractivity contribution in [3.05, 3.63) is 64.1 Å². The molecule has 2 rings (SSSR count). The Morgan fingerprint density at radius 1 is 1.04 bits per heavy atom. The second-order valence-corrected chi connectivity index (χ2v) is 7.58. The van der Waals surface area contributed by atoms with Crippen LogP contribution in [-0.2, 0) is 21.4 Å². The summed E-state index contributed by atoms with van der Waals surface area (Å²) in [6, 6.07) is 13.0. The predicted octanol–water partition coefficient (Wildman–Crippen LogP) is 2.98. The van der Waals surface area contributed by atoms with Crippen LogP contribution in [-0.4, -0.2) is 20.9 Å². The monoisotopic (exact) mass is 386 g/mol. The Labute approximate surface area is 151 Å². The number of hydrogen-bond donors (Lipinski definition) is 2. The van der Waals surface area contributed by atoms with Gasteiger partial charge in [-0.15, -0.1) is 0 Å². The maximum Gasteiger partial charge on any atom is 0.240 e. The number of carbonyl (C=O) groups is 1. The molecule has 0 saturated heterocycles. The molecular weight excluding hydrogens is 371 g/mol. The molecule has 0 saturated carbocycles. The highest BCUT2D eigenvalue weighted by atomic mass is 35.5. The van der Waals surface area contributed by atoms with Gasteiger partial charge in [0.05, 0.1) is 4.90 Å². The molecule has 0 aromatic heterocycles. The first-order chi connectivity index (χ1) is 11.4. The zero-order valence-corrected chi connectivity index (χ0v) is 15.0. The van der Waals surface area contributed by atoms with E-state index in [9.17, 15) is 13.2 Å². The third-order valence-electron chi connectivity index (χ3n) is 3.19. The third-order valence-corrected chi connectivity index (χ3v) is 5.25. The van der Waals surface area contributed by atoms with Gasteiger partial charge in [0.1, 0.15) is 0 Å². The Morgan fingerprint density at radius 2 is 1.75 bits per heavy atom. The van der Waals surface area contributed by atoms with Crippen LogP contribution in [0, 0.1) is 0 Å². The van der Waals surface area contributed by atoms with Crippen molar-refractivity contribution < 1.29 is 13.2 Å². The Bertz CT molecular complexity index is 811. The standard InChI is InChI=1S/C16H16Cl2N2O3S/c17-13-7-6-12(15(18)10-13)11-19-16(21)8-9-20-24(22,23)14-4-2-1-3-5-14/h1-7,10,20H,8-9,11H2,(H,19,21). The second kappa shape index (κ2) is 8.48. The van der Waals surface area contributed by atoms with Gasteiger partial charge in [0.25, 0.3) is 0 Å². The summed E-state index contributed by atoms with van der Waals surface area (Å²) < 4.78 is 26.4. The fourth-order valence-electron chi connectivity index (χ4n) is 1.93. The van der Waals surface area contributed by atoms with Crippen LogP contribution in [0.5, 0.6) is 0 Å². The summed E-state index contributed by atoms with van der Waals surface area (Å²) in [5.41, 5.74) is 0.735. The summed E-state index contributed by atoms with van der Waals surface area (Å²) in [5.74, 6) is -0.281. The molecule has 0 aliphatic carbocycles. The van der Waals surface area contributed by atoms with Gasteiger partial charge >= 0.3 is 0 Å². The lowest BCUT2D eigenvalue weighted by Gasteiger charge is -2.09. The lowest BCUT2D eigenvalue weighted by atomic mass is 10.2. The molecule has 0 bridgehead atoms. The molecule has 0 aliphatic rings. The molecule has 0 heterocycles. The predicted molar refractivity (Wildman–Crippen MR) is 94.6 cm³/mol. The van der Waals surface area contributed by atoms with Crippen LogP contribution in [0.4, 0.5) is 0 Å². The summed E-state index contributed by atoms with van der Waals surface area (Å²) in [4.78, 5) is 12.0. The van der Waals surface area contributed by atoms with Crippen LogP contribution in [0.25, 0.3) is 0 Å². The smallest absolute Gasteiger partial charge is 0.240 e. The van der Waals surface area contributed by atoms with Gasteiger partial charge < -0.3 is 5.32 Å². The lowest BCUT2D eigenvalue weighted by molar-refractivity contribution is -0.121. The summed E-state index contributed by atoms with van der Waals surface area (Å²) in [7, 11) is -3.60. The first kappa shape index (κ1) is 18.7. The zero-order chi connectivity index (χ0) is 17.6. The zero-order valence-electron chi connectivity index (χ0n) is 12.6. The summed E-state index contributed by atoms with van der Waals surface area (Å²) >= 11 is 11.8. The van der Waals surface area contributed by atoms with Crippen LogP contribution in [0.15, 0.2) is 53.4 Å². The molecule has 24 heavy (non-hydrogen) atoms. The van der Waals surface area contributed by atoms with Crippen LogP contribution in [0.3, 0.4) is 0 Å². The molecule has 128 valence electrons. The molecule has 0 aliphatic heterocycles. The number of rotatable bonds is 7. The minimum Gasteiger partial charge on any atom is -0.352 e. The van der Waals surface area contributed by atoms with Gasteiger partial charge in [-0.05, 0) is 29.8 Å². The molecule has 0 unspecified atom stereocenters. The minimum absolute atomic E-state index is 0.0113. The van der Waals surface area contributed by atoms with E-state index in [1.807, 2.05) is 0 Å². The number of nitrogens with one attached hydrogen (secondary N) is 2. The maximum absolute atomic E-state index is 12.0. The largest absolute Gasteiger partial charge is 0.352 e. The average Bonchev–Trinajstić information content (AvgIpc) is 2.55. The van der Waals surface area contributed by atoms with E-state index in [0.29, 0.717) is 10.0 Å². The van der Waals surface area contributed by atoms with Gasteiger partial charge in [-0.1, -0.05) is 47.5 Å². The van der Waals surface area contributed by atoms with E-state index in [0.717, 1.165) is 5.56 Å². The van der Waals surface area contributed by atoms with Gasteiger partial charge in [-0.2, -0.15) is 0 Å². The summed E-state index contributed by atoms with van der Waals surface area (Å²) in [6.07, 6.45) is 0.0251. The molecule has 2 aromatic carbocycles. The summed E-state index contributed by atoms with van der Waals surface area (Å²) in [6.45, 7) is 0.262. The van der Waals surface area contributed by atoms with E-state index in [4.69, 9.17) is 23.2 Å². The second-order valence-electron chi connectivity index (χ2n) is 4.97. The number of amides is 1. The topological polar surface area (TPSA) is 75.3 Å². The van der Waals surface area contributed by atoms with Gasteiger partial charge in [-0.25, -0.2) is 13.1 Å². The number of benzene rings is 2. The van der Waals surface area contributed by atoms with Crippen molar-refractivity contribution in [2.45, 2.75) is 17.9 Å². The SMILES string of the molecule is O=C(CCNS(=O)(=O)c1ccccc1)NCc1ccc(Cl)cc1Cl. The molecule has 5 nitrogen and oxygen atoms in total. The molecule has 0 radical (unpaired) electrons. The van der Waals surface area contributed by atoms with Crippen molar-refractivity contribution >= 4 is 39.1 Å². The van der Waals surface area contributed by atoms with Crippen molar-refractivity contribution in [3.63, 3.8) is 0 Å². The molecule has 2 aromatic rings. The highest BCUT2D eigenvalue weighted by Gasteiger charge is 2.13. The van der Waals surface area contributed by atoms with Crippen molar-refractivity contribution in [1.82, 2.24) is 10.0 Å². The van der Waals surface area contributed by atoms with E-state index < -0.39 is 10.0 Å². The summed E-state index contributed by atoms with van der Waals surface area (Å²) in [5, 5.41) is 3.67. The molecule has 0 spiro atoms. The lowest BCUT2D eigenvalue weighted by Crippen LogP contribution is -2.30. The number of sulfonamides is 1. The Balaban J connectivity index is 1.79. The van der Waals surface area contributed by atoms with Crippen molar-refractivity contribution in [2.24, 2.45) is 0 Å². The molecule has 2 N–H and O–H groups in total. The molecule has 0 fully saturated rings. The van der Waals surface area contributed by atoms with E-state index in [1.54, 1.807) is 36.4 Å². The quantitative estimate of drug-likeness (QED) is 0.767. The van der Waals surface area contributed by atoms with E-state index in [-0.39, 0.29) is 30.3 Å². The van der Waals surface area contributed by atoms with E-state index >= 15 is 0 Å². The van der Waals surface area contributed by atoms with Crippen molar-refractivity contribution in [1.29, 1.82) is 0 Å². The molecular formula is C16H16Cl2N2O3S. The van der Waals surface area contributed by atoms with Crippen molar-refractivity contribution in [2.75, 3.05) is 6.54 Å². The third kappa shape index (κ3) is 5.49. The number of halogens is 2. The fourth-order valence-corrected chi connectivity index (χ4v) is 3.46. The minimum atomic E-state index is -3.60. The Hall–Kier alpha value is -1.60. The maximum atomic E-state index is 12.0. The van der Waals surface area contributed by atoms with Crippen LogP contribution >= 0.6 is 23.2 Å². The van der Waals surface area contributed by atoms with E-state index in [2.05, 4.69) is 10.0 Å². The van der Waals surface area contributed by atoms with Crippen LogP contribution < -0.4 is 10.0 Å². The number of hydrogen-bond acceptors (Lipinski definition) is 3. The first-order valence-corrected chi connectivity index (χ1v) is 9.38. The van der Waals surface area contributed by atoms with E-state index in [1.165, 1.54) is 12.1 Å². The van der Waals surface area contributed by atoms with Crippen molar-refractivity contribution in [3.8, 4) is 0 Å². The van der Waals surface area contributed by atoms with Crippen LogP contribution in [0.1, 0.15) is 12.0 Å². The molecule has 1 amide bonds. The first-order valence-electron chi connectivity index (χ1n) is 7.14. The van der Waals surface area contributed by atoms with Gasteiger partial charge in [0, 0.05) is 29.6 Å². The van der Waals surface area contributed by atoms with Gasteiger partial charge in [0.15, 0.2) is 0 Å². The normalized spacial score (nSPS) is 11.2. The number of carbonyl (C=O) groups excluding carboxylic acids is 1. The molecule has 0 atom stereocenters. The highest BCUT2D eigenvalue weighted by Crippen LogP contribution is 2.20. The Morgan fingerprint density at radius 3 is 2.42 bits per heavy atom. The fraction of sp³-hybridized carbons (Fsp3) is 0.188.